The first-order valence-electron chi connectivity index (χ1n) is 12.6. The highest BCUT2D eigenvalue weighted by molar-refractivity contribution is 6.39. The fourth-order valence-corrected chi connectivity index (χ4v) is 4.93. The monoisotopic (exact) mass is 603 g/mol. The summed E-state index contributed by atoms with van der Waals surface area (Å²) in [6.45, 7) is 0.204. The number of nitrogens with zero attached hydrogens (tertiary/aromatic N) is 1. The zero-order valence-electron chi connectivity index (χ0n) is 22.3. The number of esters is 1. The molecular formula is C29H28Cl2FN3O6. The summed E-state index contributed by atoms with van der Waals surface area (Å²) in [5.74, 6) is -2.59. The van der Waals surface area contributed by atoms with Gasteiger partial charge in [-0.15, -0.1) is 0 Å². The zero-order chi connectivity index (χ0) is 29.6. The van der Waals surface area contributed by atoms with Gasteiger partial charge in [-0.3, -0.25) is 4.79 Å². The minimum Gasteiger partial charge on any atom is -0.495 e. The van der Waals surface area contributed by atoms with E-state index in [-0.39, 0.29) is 41.1 Å². The Labute approximate surface area is 246 Å². The molecule has 1 aliphatic rings. The van der Waals surface area contributed by atoms with E-state index in [9.17, 15) is 14.4 Å². The van der Waals surface area contributed by atoms with Gasteiger partial charge < -0.3 is 24.8 Å². The van der Waals surface area contributed by atoms with E-state index < -0.39 is 23.6 Å². The average molecular weight is 604 g/mol. The van der Waals surface area contributed by atoms with E-state index >= 15 is 4.39 Å². The summed E-state index contributed by atoms with van der Waals surface area (Å²) in [4.78, 5) is 38.7. The van der Waals surface area contributed by atoms with Crippen LogP contribution in [0.25, 0.3) is 0 Å². The molecule has 0 spiro atoms. The molecule has 12 heteroatoms. The number of urea groups is 1. The number of anilines is 2. The fourth-order valence-electron chi connectivity index (χ4n) is 4.43. The number of methoxy groups -OCH3 is 2. The Morgan fingerprint density at radius 2 is 1.71 bits per heavy atom. The molecule has 0 bridgehead atoms. The highest BCUT2D eigenvalue weighted by Gasteiger charge is 2.47. The normalized spacial score (nSPS) is 16.6. The van der Waals surface area contributed by atoms with Crippen LogP contribution >= 0.6 is 23.2 Å². The second-order valence-corrected chi connectivity index (χ2v) is 10.0. The van der Waals surface area contributed by atoms with E-state index in [0.29, 0.717) is 35.5 Å². The molecule has 1 unspecified atom stereocenters. The Kier molecular flexibility index (Phi) is 9.69. The molecule has 0 saturated carbocycles. The van der Waals surface area contributed by atoms with E-state index in [1.807, 2.05) is 0 Å². The zero-order valence-corrected chi connectivity index (χ0v) is 23.9. The molecule has 2 N–H and O–H groups in total. The van der Waals surface area contributed by atoms with Crippen LogP contribution in [-0.2, 0) is 16.0 Å². The Morgan fingerprint density at radius 1 is 1.00 bits per heavy atom. The average Bonchev–Trinajstić information content (AvgIpc) is 3.36. The van der Waals surface area contributed by atoms with Gasteiger partial charge in [0.1, 0.15) is 18.2 Å². The van der Waals surface area contributed by atoms with Gasteiger partial charge in [-0.1, -0.05) is 35.3 Å². The number of benzene rings is 3. The van der Waals surface area contributed by atoms with E-state index in [1.165, 1.54) is 19.1 Å². The van der Waals surface area contributed by atoms with Crippen molar-refractivity contribution in [1.82, 2.24) is 4.90 Å². The molecule has 1 fully saturated rings. The Balaban J connectivity index is 1.38. The number of para-hydroxylation sites is 1. The van der Waals surface area contributed by atoms with Crippen molar-refractivity contribution in [1.29, 1.82) is 0 Å². The lowest BCUT2D eigenvalue weighted by atomic mass is 9.99. The number of Topliss-reactive ketones (excluding diaryl/α,β-unsaturated/α-hetero) is 1. The maximum absolute atomic E-state index is 16.0. The molecule has 0 aliphatic carbocycles. The fraction of sp³-hybridized carbons (Fsp3) is 0.276. The van der Waals surface area contributed by atoms with Gasteiger partial charge in [-0.2, -0.15) is 0 Å². The molecule has 216 valence electrons. The van der Waals surface area contributed by atoms with Crippen molar-refractivity contribution in [2.24, 2.45) is 0 Å². The number of amides is 2. The molecular weight excluding hydrogens is 576 g/mol. The van der Waals surface area contributed by atoms with Gasteiger partial charge in [-0.25, -0.2) is 18.9 Å². The topological polar surface area (TPSA) is 106 Å². The van der Waals surface area contributed by atoms with Crippen LogP contribution in [0.5, 0.6) is 11.5 Å². The Morgan fingerprint density at radius 3 is 2.37 bits per heavy atom. The number of halogens is 3. The van der Waals surface area contributed by atoms with Gasteiger partial charge in [0.2, 0.25) is 5.79 Å². The minimum absolute atomic E-state index is 0.0397. The molecule has 0 aromatic heterocycles. The SMILES string of the molecule is COC(=O)c1ccc(OCN2CCCC2(F)C(=O)Cc2ccc(NC(=O)Nc3c(Cl)cccc3Cl)c(OC)c2)cc1. The number of hydrogen-bond donors (Lipinski definition) is 2. The summed E-state index contributed by atoms with van der Waals surface area (Å²) < 4.78 is 31.8. The Hall–Kier alpha value is -3.86. The van der Waals surface area contributed by atoms with Crippen molar-refractivity contribution in [2.45, 2.75) is 25.1 Å². The smallest absolute Gasteiger partial charge is 0.337 e. The predicted octanol–water partition coefficient (Wildman–Crippen LogP) is 6.34. The molecule has 9 nitrogen and oxygen atoms in total. The quantitative estimate of drug-likeness (QED) is 0.206. The van der Waals surface area contributed by atoms with Crippen molar-refractivity contribution in [2.75, 3.05) is 38.1 Å². The Bertz CT molecular complexity index is 1420. The summed E-state index contributed by atoms with van der Waals surface area (Å²) in [5, 5.41) is 5.80. The van der Waals surface area contributed by atoms with Crippen molar-refractivity contribution < 1.29 is 33.0 Å². The third kappa shape index (κ3) is 7.08. The lowest BCUT2D eigenvalue weighted by molar-refractivity contribution is -0.144. The van der Waals surface area contributed by atoms with E-state index in [1.54, 1.807) is 60.7 Å². The van der Waals surface area contributed by atoms with Crippen LogP contribution in [0.15, 0.2) is 60.7 Å². The predicted molar refractivity (Wildman–Crippen MR) is 154 cm³/mol. The standard InChI is InChI=1S/C29H28Cl2FN3O6/c1-39-24-15-18(7-12-23(24)33-28(38)34-26-21(30)5-3-6-22(26)31)16-25(36)29(32)13-4-14-35(29)17-41-20-10-8-19(9-11-20)27(37)40-2/h3,5-12,15H,4,13-14,16-17H2,1-2H3,(H2,33,34,38). The molecule has 3 aromatic carbocycles. The van der Waals surface area contributed by atoms with Gasteiger partial charge in [0.05, 0.1) is 41.2 Å². The molecule has 1 heterocycles. The second-order valence-electron chi connectivity index (χ2n) is 9.23. The van der Waals surface area contributed by atoms with Crippen molar-refractivity contribution in [3.8, 4) is 11.5 Å². The molecule has 4 rings (SSSR count). The van der Waals surface area contributed by atoms with Gasteiger partial charge in [0.15, 0.2) is 5.78 Å². The van der Waals surface area contributed by atoms with Crippen LogP contribution in [0.1, 0.15) is 28.8 Å². The maximum Gasteiger partial charge on any atom is 0.337 e. The number of ether oxygens (including phenoxy) is 3. The van der Waals surface area contributed by atoms with Crippen LogP contribution in [0.3, 0.4) is 0 Å². The highest BCUT2D eigenvalue weighted by atomic mass is 35.5. The van der Waals surface area contributed by atoms with Crippen LogP contribution in [0, 0.1) is 0 Å². The lowest BCUT2D eigenvalue weighted by Crippen LogP contribution is -2.49. The first-order chi connectivity index (χ1) is 19.6. The number of rotatable bonds is 10. The minimum atomic E-state index is -2.20. The third-order valence-corrected chi connectivity index (χ3v) is 7.24. The van der Waals surface area contributed by atoms with Gasteiger partial charge in [0.25, 0.3) is 0 Å². The van der Waals surface area contributed by atoms with Crippen LogP contribution in [-0.4, -0.2) is 56.0 Å². The molecule has 3 aromatic rings. The molecule has 41 heavy (non-hydrogen) atoms. The number of ketones is 1. The summed E-state index contributed by atoms with van der Waals surface area (Å²) in [6, 6.07) is 15.2. The number of carbonyl (C=O) groups is 3. The second kappa shape index (κ2) is 13.2. The number of likely N-dealkylation sites (tertiary alicyclic amines) is 1. The number of alkyl halides is 1. The molecule has 2 amide bonds. The van der Waals surface area contributed by atoms with Gasteiger partial charge in [-0.05, 0) is 60.5 Å². The molecule has 1 atom stereocenters. The summed E-state index contributed by atoms with van der Waals surface area (Å²) in [6.07, 6.45) is 0.334. The summed E-state index contributed by atoms with van der Waals surface area (Å²) in [5.41, 5.74) is 1.45. The summed E-state index contributed by atoms with van der Waals surface area (Å²) in [7, 11) is 2.71. The third-order valence-electron chi connectivity index (χ3n) is 6.61. The van der Waals surface area contributed by atoms with Crippen LogP contribution in [0.4, 0.5) is 20.6 Å². The van der Waals surface area contributed by atoms with E-state index in [4.69, 9.17) is 32.7 Å². The molecule has 0 radical (unpaired) electrons. The first-order valence-corrected chi connectivity index (χ1v) is 13.4. The van der Waals surface area contributed by atoms with E-state index in [2.05, 4.69) is 15.4 Å². The summed E-state index contributed by atoms with van der Waals surface area (Å²) >= 11 is 12.2. The van der Waals surface area contributed by atoms with Crippen LogP contribution in [0.2, 0.25) is 10.0 Å². The number of carbonyl (C=O) groups excluding carboxylic acids is 3. The highest BCUT2D eigenvalue weighted by Crippen LogP contribution is 2.35. The van der Waals surface area contributed by atoms with Crippen molar-refractivity contribution in [3.05, 3.63) is 81.8 Å². The van der Waals surface area contributed by atoms with Gasteiger partial charge >= 0.3 is 12.0 Å². The van der Waals surface area contributed by atoms with Crippen LogP contribution < -0.4 is 20.1 Å². The molecule has 1 aliphatic heterocycles. The van der Waals surface area contributed by atoms with E-state index in [0.717, 1.165) is 0 Å². The maximum atomic E-state index is 16.0. The first kappa shape index (κ1) is 30.1. The largest absolute Gasteiger partial charge is 0.495 e. The molecule has 1 saturated heterocycles. The van der Waals surface area contributed by atoms with Crippen molar-refractivity contribution >= 4 is 52.4 Å². The van der Waals surface area contributed by atoms with Crippen molar-refractivity contribution in [3.63, 3.8) is 0 Å². The lowest BCUT2D eigenvalue weighted by Gasteiger charge is -2.29. The van der Waals surface area contributed by atoms with Gasteiger partial charge in [0, 0.05) is 19.4 Å². The number of hydrogen-bond acceptors (Lipinski definition) is 7. The number of nitrogens with one attached hydrogen (secondary N) is 2.